The van der Waals surface area contributed by atoms with Crippen LogP contribution in [0.4, 0.5) is 0 Å². The number of pyridine rings is 1. The number of hydrogen-bond donors (Lipinski definition) is 0. The summed E-state index contributed by atoms with van der Waals surface area (Å²) in [6, 6.07) is 13.1. The number of aromatic nitrogens is 1. The van der Waals surface area contributed by atoms with Crippen LogP contribution in [0.1, 0.15) is 29.7 Å². The summed E-state index contributed by atoms with van der Waals surface area (Å²) in [4.78, 5) is 8.87. The third-order valence-electron chi connectivity index (χ3n) is 4.62. The number of aryl methyl sites for hydroxylation is 1. The molecule has 0 spiro atoms. The molecule has 2 aromatic heterocycles. The van der Waals surface area contributed by atoms with Crippen LogP contribution < -0.4 is 0 Å². The quantitative estimate of drug-likeness (QED) is 0.654. The molecule has 0 aliphatic carbocycles. The minimum absolute atomic E-state index is 1.08. The van der Waals surface area contributed by atoms with E-state index in [-0.39, 0.29) is 0 Å². The maximum Gasteiger partial charge on any atom is 0.0718 e. The number of likely N-dealkylation sites (tertiary alicyclic amines) is 1. The molecule has 0 amide bonds. The highest BCUT2D eigenvalue weighted by molar-refractivity contribution is 7.10. The lowest BCUT2D eigenvalue weighted by molar-refractivity contribution is 0.222. The average molecular weight is 322 g/mol. The Morgan fingerprint density at radius 3 is 2.78 bits per heavy atom. The van der Waals surface area contributed by atoms with Gasteiger partial charge in [-0.05, 0) is 57.1 Å². The van der Waals surface area contributed by atoms with Gasteiger partial charge in [-0.15, -0.1) is 11.3 Å². The molecule has 0 N–H and O–H groups in total. The highest BCUT2D eigenvalue weighted by atomic mass is 32.1. The zero-order valence-corrected chi connectivity index (χ0v) is 14.4. The molecule has 0 bridgehead atoms. The fourth-order valence-electron chi connectivity index (χ4n) is 3.34. The van der Waals surface area contributed by atoms with E-state index in [0.717, 1.165) is 17.8 Å². The smallest absolute Gasteiger partial charge is 0.0718 e. The standard InChI is InChI=1S/C20H22N2S/c1-15-5-7-19-16(11-15)6-8-20(21-19)17-12-18(23-14-17)13-22-9-3-2-4-10-22/h5-8,11-12,14H,2-4,9-10,13H2,1H3. The van der Waals surface area contributed by atoms with Gasteiger partial charge < -0.3 is 0 Å². The van der Waals surface area contributed by atoms with E-state index in [2.05, 4.69) is 53.6 Å². The van der Waals surface area contributed by atoms with Gasteiger partial charge in [0.15, 0.2) is 0 Å². The van der Waals surface area contributed by atoms with Crippen LogP contribution in [0.15, 0.2) is 41.8 Å². The van der Waals surface area contributed by atoms with E-state index in [1.165, 1.54) is 53.7 Å². The SMILES string of the molecule is Cc1ccc2nc(-c3csc(CN4CCCCC4)c3)ccc2c1. The molecule has 1 saturated heterocycles. The van der Waals surface area contributed by atoms with Crippen LogP contribution in [0.2, 0.25) is 0 Å². The molecule has 3 heterocycles. The molecule has 1 aliphatic rings. The monoisotopic (exact) mass is 322 g/mol. The first-order chi connectivity index (χ1) is 11.3. The summed E-state index contributed by atoms with van der Waals surface area (Å²) in [5, 5.41) is 3.47. The lowest BCUT2D eigenvalue weighted by Crippen LogP contribution is -2.28. The molecule has 2 nitrogen and oxygen atoms in total. The van der Waals surface area contributed by atoms with E-state index in [1.54, 1.807) is 0 Å². The van der Waals surface area contributed by atoms with Gasteiger partial charge in [-0.3, -0.25) is 4.90 Å². The first-order valence-corrected chi connectivity index (χ1v) is 9.33. The summed E-state index contributed by atoms with van der Waals surface area (Å²) < 4.78 is 0. The van der Waals surface area contributed by atoms with E-state index in [0.29, 0.717) is 0 Å². The molecule has 1 aliphatic heterocycles. The fraction of sp³-hybridized carbons (Fsp3) is 0.350. The molecule has 118 valence electrons. The Labute approximate surface area is 141 Å². The lowest BCUT2D eigenvalue weighted by Gasteiger charge is -2.25. The molecule has 1 aromatic carbocycles. The molecule has 3 heteroatoms. The van der Waals surface area contributed by atoms with Crippen molar-refractivity contribution in [1.29, 1.82) is 0 Å². The summed E-state index contributed by atoms with van der Waals surface area (Å²) in [7, 11) is 0. The Morgan fingerprint density at radius 1 is 1.04 bits per heavy atom. The van der Waals surface area contributed by atoms with Crippen LogP contribution in [-0.4, -0.2) is 23.0 Å². The number of nitrogens with zero attached hydrogens (tertiary/aromatic N) is 2. The molecular weight excluding hydrogens is 300 g/mol. The molecule has 0 unspecified atom stereocenters. The van der Waals surface area contributed by atoms with Crippen molar-refractivity contribution in [3.8, 4) is 11.3 Å². The second-order valence-electron chi connectivity index (χ2n) is 6.53. The van der Waals surface area contributed by atoms with E-state index < -0.39 is 0 Å². The van der Waals surface area contributed by atoms with Crippen LogP contribution >= 0.6 is 11.3 Å². The summed E-state index contributed by atoms with van der Waals surface area (Å²) >= 11 is 1.86. The Bertz CT molecular complexity index is 815. The van der Waals surface area contributed by atoms with Crippen molar-refractivity contribution < 1.29 is 0 Å². The molecule has 4 rings (SSSR count). The zero-order valence-electron chi connectivity index (χ0n) is 13.6. The van der Waals surface area contributed by atoms with Crippen molar-refractivity contribution in [3.63, 3.8) is 0 Å². The first kappa shape index (κ1) is 14.9. The second-order valence-corrected chi connectivity index (χ2v) is 7.53. The summed E-state index contributed by atoms with van der Waals surface area (Å²) in [6.07, 6.45) is 4.10. The predicted molar refractivity (Wildman–Crippen MR) is 98.9 cm³/mol. The number of thiophene rings is 1. The summed E-state index contributed by atoms with van der Waals surface area (Å²) in [6.45, 7) is 5.72. The Balaban J connectivity index is 1.57. The van der Waals surface area contributed by atoms with Crippen molar-refractivity contribution in [2.45, 2.75) is 32.7 Å². The van der Waals surface area contributed by atoms with Crippen molar-refractivity contribution in [1.82, 2.24) is 9.88 Å². The van der Waals surface area contributed by atoms with Gasteiger partial charge in [0.25, 0.3) is 0 Å². The van der Waals surface area contributed by atoms with Crippen molar-refractivity contribution in [2.75, 3.05) is 13.1 Å². The minimum atomic E-state index is 1.08. The molecule has 23 heavy (non-hydrogen) atoms. The first-order valence-electron chi connectivity index (χ1n) is 8.45. The Hall–Kier alpha value is -1.71. The van der Waals surface area contributed by atoms with Crippen molar-refractivity contribution in [3.05, 3.63) is 52.2 Å². The van der Waals surface area contributed by atoms with Gasteiger partial charge in [-0.1, -0.05) is 24.1 Å². The zero-order chi connectivity index (χ0) is 15.6. The van der Waals surface area contributed by atoms with Crippen LogP contribution in [0.3, 0.4) is 0 Å². The number of rotatable bonds is 3. The van der Waals surface area contributed by atoms with E-state index in [4.69, 9.17) is 4.98 Å². The number of hydrogen-bond acceptors (Lipinski definition) is 3. The Kier molecular flexibility index (Phi) is 4.15. The normalized spacial score (nSPS) is 16.0. The molecular formula is C20H22N2S. The summed E-state index contributed by atoms with van der Waals surface area (Å²) in [5.41, 5.74) is 4.70. The van der Waals surface area contributed by atoms with Crippen molar-refractivity contribution in [2.24, 2.45) is 0 Å². The molecule has 0 atom stereocenters. The third kappa shape index (κ3) is 3.31. The van der Waals surface area contributed by atoms with Crippen LogP contribution in [0.5, 0.6) is 0 Å². The summed E-state index contributed by atoms with van der Waals surface area (Å²) in [5.74, 6) is 0. The largest absolute Gasteiger partial charge is 0.298 e. The van der Waals surface area contributed by atoms with Gasteiger partial charge in [0, 0.05) is 27.8 Å². The van der Waals surface area contributed by atoms with Crippen molar-refractivity contribution >= 4 is 22.2 Å². The minimum Gasteiger partial charge on any atom is -0.298 e. The Morgan fingerprint density at radius 2 is 1.91 bits per heavy atom. The van der Waals surface area contributed by atoms with Crippen LogP contribution in [-0.2, 0) is 6.54 Å². The van der Waals surface area contributed by atoms with Crippen LogP contribution in [0.25, 0.3) is 22.2 Å². The highest BCUT2D eigenvalue weighted by Gasteiger charge is 2.12. The van der Waals surface area contributed by atoms with Gasteiger partial charge in [-0.2, -0.15) is 0 Å². The number of fused-ring (bicyclic) bond motifs is 1. The van der Waals surface area contributed by atoms with Gasteiger partial charge in [-0.25, -0.2) is 4.98 Å². The topological polar surface area (TPSA) is 16.1 Å². The third-order valence-corrected chi connectivity index (χ3v) is 5.54. The maximum atomic E-state index is 4.84. The fourth-order valence-corrected chi connectivity index (χ4v) is 4.26. The molecule has 0 saturated carbocycles. The van der Waals surface area contributed by atoms with E-state index >= 15 is 0 Å². The highest BCUT2D eigenvalue weighted by Crippen LogP contribution is 2.27. The molecule has 3 aromatic rings. The second kappa shape index (κ2) is 6.42. The number of piperidine rings is 1. The van der Waals surface area contributed by atoms with Gasteiger partial charge >= 0.3 is 0 Å². The van der Waals surface area contributed by atoms with Gasteiger partial charge in [0.2, 0.25) is 0 Å². The van der Waals surface area contributed by atoms with E-state index in [9.17, 15) is 0 Å². The van der Waals surface area contributed by atoms with Crippen LogP contribution in [0, 0.1) is 6.92 Å². The van der Waals surface area contributed by atoms with E-state index in [1.807, 2.05) is 11.3 Å². The maximum absolute atomic E-state index is 4.84. The predicted octanol–water partition coefficient (Wildman–Crippen LogP) is 5.26. The van der Waals surface area contributed by atoms with Gasteiger partial charge in [0.05, 0.1) is 11.2 Å². The lowest BCUT2D eigenvalue weighted by atomic mass is 10.1. The van der Waals surface area contributed by atoms with Gasteiger partial charge in [0.1, 0.15) is 0 Å². The average Bonchev–Trinajstić information content (AvgIpc) is 3.04. The number of benzene rings is 1. The molecule has 0 radical (unpaired) electrons. The molecule has 1 fully saturated rings.